The van der Waals surface area contributed by atoms with Gasteiger partial charge in [-0.05, 0) is 48.2 Å². The SMILES string of the molecule is C#CCOc1ccc(CCc2cc(O)cc(O)c2C(=O)C=C)cc1. The maximum atomic E-state index is 11.9. The van der Waals surface area contributed by atoms with Gasteiger partial charge < -0.3 is 14.9 Å². The first-order chi connectivity index (χ1) is 11.5. The average Bonchev–Trinajstić information content (AvgIpc) is 2.58. The number of hydrogen-bond donors (Lipinski definition) is 2. The van der Waals surface area contributed by atoms with E-state index in [1.807, 2.05) is 24.3 Å². The molecule has 2 aromatic rings. The molecule has 0 heterocycles. The van der Waals surface area contributed by atoms with Crippen LogP contribution in [0.4, 0.5) is 0 Å². The summed E-state index contributed by atoms with van der Waals surface area (Å²) >= 11 is 0. The Morgan fingerprint density at radius 1 is 1.21 bits per heavy atom. The predicted octanol–water partition coefficient (Wildman–Crippen LogP) is 3.26. The van der Waals surface area contributed by atoms with Crippen LogP contribution in [0.3, 0.4) is 0 Å². The fraction of sp³-hybridized carbons (Fsp3) is 0.150. The lowest BCUT2D eigenvalue weighted by atomic mass is 9.96. The number of allylic oxidation sites excluding steroid dienone is 1. The van der Waals surface area contributed by atoms with Gasteiger partial charge in [0.2, 0.25) is 0 Å². The van der Waals surface area contributed by atoms with Crippen LogP contribution in [0.25, 0.3) is 0 Å². The minimum atomic E-state index is -0.375. The standard InChI is InChI=1S/C20H18O4/c1-3-11-24-17-9-6-14(7-10-17)5-8-15-12-16(21)13-19(23)20(15)18(22)4-2/h1,4,6-7,9-10,12-13,21,23H,2,5,8,11H2. The van der Waals surface area contributed by atoms with Crippen molar-refractivity contribution in [2.75, 3.05) is 6.61 Å². The van der Waals surface area contributed by atoms with Crippen LogP contribution < -0.4 is 4.74 Å². The first-order valence-corrected chi connectivity index (χ1v) is 7.42. The van der Waals surface area contributed by atoms with E-state index >= 15 is 0 Å². The molecular weight excluding hydrogens is 304 g/mol. The number of ketones is 1. The Kier molecular flexibility index (Phi) is 5.64. The molecule has 4 nitrogen and oxygen atoms in total. The minimum absolute atomic E-state index is 0.0823. The molecule has 0 saturated carbocycles. The van der Waals surface area contributed by atoms with Gasteiger partial charge in [-0.25, -0.2) is 0 Å². The number of ether oxygens (including phenoxy) is 1. The summed E-state index contributed by atoms with van der Waals surface area (Å²) < 4.78 is 5.31. The van der Waals surface area contributed by atoms with E-state index in [-0.39, 0.29) is 29.5 Å². The van der Waals surface area contributed by atoms with Gasteiger partial charge in [0.15, 0.2) is 5.78 Å². The van der Waals surface area contributed by atoms with E-state index in [1.54, 1.807) is 0 Å². The maximum Gasteiger partial charge on any atom is 0.189 e. The molecule has 0 fully saturated rings. The Morgan fingerprint density at radius 3 is 2.54 bits per heavy atom. The van der Waals surface area contributed by atoms with E-state index in [2.05, 4.69) is 12.5 Å². The van der Waals surface area contributed by atoms with E-state index in [4.69, 9.17) is 11.2 Å². The summed E-state index contributed by atoms with van der Waals surface area (Å²) in [6.45, 7) is 3.66. The van der Waals surface area contributed by atoms with Crippen LogP contribution >= 0.6 is 0 Å². The molecule has 122 valence electrons. The highest BCUT2D eigenvalue weighted by molar-refractivity contribution is 6.07. The van der Waals surface area contributed by atoms with Crippen LogP contribution in [0, 0.1) is 12.3 Å². The molecule has 0 atom stereocenters. The van der Waals surface area contributed by atoms with Crippen LogP contribution in [0.15, 0.2) is 49.1 Å². The van der Waals surface area contributed by atoms with Crippen molar-refractivity contribution in [1.29, 1.82) is 0 Å². The Bertz CT molecular complexity index is 783. The number of rotatable bonds is 7. The van der Waals surface area contributed by atoms with Gasteiger partial charge in [0.1, 0.15) is 23.9 Å². The molecule has 0 unspecified atom stereocenters. The molecule has 0 aromatic heterocycles. The summed E-state index contributed by atoms with van der Waals surface area (Å²) in [4.78, 5) is 11.9. The summed E-state index contributed by atoms with van der Waals surface area (Å²) in [7, 11) is 0. The van der Waals surface area contributed by atoms with Crippen molar-refractivity contribution in [3.8, 4) is 29.6 Å². The smallest absolute Gasteiger partial charge is 0.189 e. The predicted molar refractivity (Wildman–Crippen MR) is 92.5 cm³/mol. The van der Waals surface area contributed by atoms with Crippen LogP contribution in [-0.4, -0.2) is 22.6 Å². The molecule has 0 spiro atoms. The molecule has 24 heavy (non-hydrogen) atoms. The molecule has 0 bridgehead atoms. The molecule has 0 amide bonds. The van der Waals surface area contributed by atoms with Crippen LogP contribution in [0.2, 0.25) is 0 Å². The molecular formula is C20H18O4. The van der Waals surface area contributed by atoms with E-state index in [9.17, 15) is 15.0 Å². The van der Waals surface area contributed by atoms with Gasteiger partial charge in [0.05, 0.1) is 5.56 Å². The zero-order valence-electron chi connectivity index (χ0n) is 13.2. The topological polar surface area (TPSA) is 66.8 Å². The second kappa shape index (κ2) is 7.89. The molecule has 2 rings (SSSR count). The number of carbonyl (C=O) groups excluding carboxylic acids is 1. The lowest BCUT2D eigenvalue weighted by molar-refractivity contribution is 0.104. The van der Waals surface area contributed by atoms with Gasteiger partial charge >= 0.3 is 0 Å². The second-order valence-corrected chi connectivity index (χ2v) is 5.20. The number of phenols is 2. The number of terminal acetylenes is 1. The van der Waals surface area contributed by atoms with Gasteiger partial charge in [0, 0.05) is 6.07 Å². The van der Waals surface area contributed by atoms with Crippen molar-refractivity contribution in [1.82, 2.24) is 0 Å². The monoisotopic (exact) mass is 322 g/mol. The third-order valence-corrected chi connectivity index (χ3v) is 3.54. The number of phenolic OH excluding ortho intramolecular Hbond substituents is 2. The van der Waals surface area contributed by atoms with E-state index in [0.717, 1.165) is 17.7 Å². The summed E-state index contributed by atoms with van der Waals surface area (Å²) in [5.41, 5.74) is 1.78. The fourth-order valence-electron chi connectivity index (χ4n) is 2.41. The number of benzene rings is 2. The Morgan fingerprint density at radius 2 is 1.92 bits per heavy atom. The number of aromatic hydroxyl groups is 2. The molecule has 0 aliphatic rings. The van der Waals surface area contributed by atoms with Gasteiger partial charge in [-0.3, -0.25) is 4.79 Å². The Hall–Kier alpha value is -3.19. The highest BCUT2D eigenvalue weighted by atomic mass is 16.5. The zero-order chi connectivity index (χ0) is 17.5. The Balaban J connectivity index is 2.15. The average molecular weight is 322 g/mol. The largest absolute Gasteiger partial charge is 0.508 e. The van der Waals surface area contributed by atoms with Gasteiger partial charge in [-0.2, -0.15) is 0 Å². The first-order valence-electron chi connectivity index (χ1n) is 7.42. The van der Waals surface area contributed by atoms with Crippen molar-refractivity contribution in [2.45, 2.75) is 12.8 Å². The lowest BCUT2D eigenvalue weighted by Crippen LogP contribution is -2.03. The zero-order valence-corrected chi connectivity index (χ0v) is 13.2. The quantitative estimate of drug-likeness (QED) is 0.466. The van der Waals surface area contributed by atoms with Crippen molar-refractivity contribution in [3.63, 3.8) is 0 Å². The third kappa shape index (κ3) is 4.17. The van der Waals surface area contributed by atoms with Gasteiger partial charge in [0.25, 0.3) is 0 Å². The van der Waals surface area contributed by atoms with Crippen molar-refractivity contribution < 1.29 is 19.7 Å². The highest BCUT2D eigenvalue weighted by Gasteiger charge is 2.15. The molecule has 4 heteroatoms. The number of carbonyl (C=O) groups is 1. The third-order valence-electron chi connectivity index (χ3n) is 3.54. The summed E-state index contributed by atoms with van der Waals surface area (Å²) in [6.07, 6.45) is 7.41. The van der Waals surface area contributed by atoms with E-state index in [0.29, 0.717) is 24.2 Å². The van der Waals surface area contributed by atoms with Crippen LogP contribution in [0.5, 0.6) is 17.2 Å². The van der Waals surface area contributed by atoms with Gasteiger partial charge in [-0.1, -0.05) is 24.6 Å². The summed E-state index contributed by atoms with van der Waals surface area (Å²) in [5.74, 6) is 2.39. The fourth-order valence-corrected chi connectivity index (χ4v) is 2.41. The molecule has 0 aliphatic heterocycles. The van der Waals surface area contributed by atoms with Crippen LogP contribution in [0.1, 0.15) is 21.5 Å². The normalized spacial score (nSPS) is 9.96. The van der Waals surface area contributed by atoms with Crippen molar-refractivity contribution in [3.05, 3.63) is 65.7 Å². The molecule has 2 aromatic carbocycles. The number of aryl methyl sites for hydroxylation is 2. The molecule has 0 radical (unpaired) electrons. The van der Waals surface area contributed by atoms with Crippen molar-refractivity contribution >= 4 is 5.78 Å². The molecule has 0 aliphatic carbocycles. The minimum Gasteiger partial charge on any atom is -0.508 e. The highest BCUT2D eigenvalue weighted by Crippen LogP contribution is 2.29. The molecule has 0 saturated heterocycles. The summed E-state index contributed by atoms with van der Waals surface area (Å²) in [5, 5.41) is 19.6. The van der Waals surface area contributed by atoms with Crippen molar-refractivity contribution in [2.24, 2.45) is 0 Å². The Labute approximate surface area is 141 Å². The molecule has 2 N–H and O–H groups in total. The van der Waals surface area contributed by atoms with E-state index in [1.165, 1.54) is 6.07 Å². The first kappa shape index (κ1) is 17.2. The lowest BCUT2D eigenvalue weighted by Gasteiger charge is -2.11. The van der Waals surface area contributed by atoms with Crippen LogP contribution in [-0.2, 0) is 12.8 Å². The maximum absolute atomic E-state index is 11.9. The second-order valence-electron chi connectivity index (χ2n) is 5.20. The van der Waals surface area contributed by atoms with E-state index < -0.39 is 0 Å². The number of hydrogen-bond acceptors (Lipinski definition) is 4. The summed E-state index contributed by atoms with van der Waals surface area (Å²) in [6, 6.07) is 10.1. The van der Waals surface area contributed by atoms with Gasteiger partial charge in [-0.15, -0.1) is 6.42 Å².